The summed E-state index contributed by atoms with van der Waals surface area (Å²) in [5.41, 5.74) is 0.190. The molecule has 1 unspecified atom stereocenters. The highest BCUT2D eigenvalue weighted by atomic mass is 19.1. The third-order valence-electron chi connectivity index (χ3n) is 3.81. The molecule has 20 heavy (non-hydrogen) atoms. The minimum Gasteiger partial charge on any atom is -0.478 e. The lowest BCUT2D eigenvalue weighted by Crippen LogP contribution is -2.27. The Kier molecular flexibility index (Phi) is 4.73. The highest BCUT2D eigenvalue weighted by Gasteiger charge is 2.21. The maximum Gasteiger partial charge on any atom is 0.338 e. The average molecular weight is 280 g/mol. The van der Waals surface area contributed by atoms with Crippen LogP contribution in [0.2, 0.25) is 0 Å². The van der Waals surface area contributed by atoms with Gasteiger partial charge in [-0.05, 0) is 39.0 Å². The van der Waals surface area contributed by atoms with Gasteiger partial charge in [-0.3, -0.25) is 0 Å². The zero-order chi connectivity index (χ0) is 14.7. The summed E-state index contributed by atoms with van der Waals surface area (Å²) in [5.74, 6) is -1.23. The van der Waals surface area contributed by atoms with Crippen molar-refractivity contribution in [2.45, 2.75) is 13.0 Å². The van der Waals surface area contributed by atoms with Crippen LogP contribution in [-0.2, 0) is 6.54 Å². The number of hydrogen-bond donors (Lipinski definition) is 1. The molecule has 0 aliphatic carbocycles. The van der Waals surface area contributed by atoms with E-state index in [0.29, 0.717) is 18.0 Å². The quantitative estimate of drug-likeness (QED) is 0.895. The summed E-state index contributed by atoms with van der Waals surface area (Å²) in [7, 11) is 4.06. The zero-order valence-corrected chi connectivity index (χ0v) is 12.0. The van der Waals surface area contributed by atoms with E-state index in [1.54, 1.807) is 12.1 Å². The summed E-state index contributed by atoms with van der Waals surface area (Å²) >= 11 is 0. The van der Waals surface area contributed by atoms with E-state index >= 15 is 0 Å². The number of likely N-dealkylation sites (tertiary alicyclic amines) is 1. The van der Waals surface area contributed by atoms with Gasteiger partial charge in [0.2, 0.25) is 0 Å². The molecule has 0 bridgehead atoms. The summed E-state index contributed by atoms with van der Waals surface area (Å²) in [5, 5.41) is 8.92. The van der Waals surface area contributed by atoms with Crippen molar-refractivity contribution in [3.63, 3.8) is 0 Å². The molecule has 0 radical (unpaired) electrons. The predicted molar refractivity (Wildman–Crippen MR) is 75.3 cm³/mol. The Morgan fingerprint density at radius 3 is 2.90 bits per heavy atom. The van der Waals surface area contributed by atoms with E-state index < -0.39 is 11.8 Å². The lowest BCUT2D eigenvalue weighted by molar-refractivity contribution is 0.0691. The van der Waals surface area contributed by atoms with Gasteiger partial charge in [-0.2, -0.15) is 0 Å². The molecule has 4 nitrogen and oxygen atoms in total. The molecule has 0 amide bonds. The van der Waals surface area contributed by atoms with Crippen molar-refractivity contribution in [1.82, 2.24) is 9.80 Å². The minimum absolute atomic E-state index is 0.253. The minimum atomic E-state index is -1.22. The van der Waals surface area contributed by atoms with Crippen molar-refractivity contribution in [2.75, 3.05) is 33.7 Å². The van der Waals surface area contributed by atoms with Crippen LogP contribution in [0.15, 0.2) is 18.2 Å². The maximum absolute atomic E-state index is 14.0. The molecule has 1 saturated heterocycles. The van der Waals surface area contributed by atoms with Crippen LogP contribution in [0.4, 0.5) is 4.39 Å². The van der Waals surface area contributed by atoms with Gasteiger partial charge in [0, 0.05) is 25.2 Å². The number of rotatable bonds is 5. The Morgan fingerprint density at radius 1 is 1.55 bits per heavy atom. The van der Waals surface area contributed by atoms with Crippen LogP contribution in [-0.4, -0.2) is 54.6 Å². The normalized spacial score (nSPS) is 19.7. The zero-order valence-electron chi connectivity index (χ0n) is 12.0. The molecule has 1 heterocycles. The van der Waals surface area contributed by atoms with Crippen LogP contribution in [0.1, 0.15) is 22.3 Å². The Bertz CT molecular complexity index is 493. The maximum atomic E-state index is 14.0. The van der Waals surface area contributed by atoms with Crippen LogP contribution in [0.3, 0.4) is 0 Å². The van der Waals surface area contributed by atoms with Gasteiger partial charge in [-0.1, -0.05) is 12.1 Å². The van der Waals surface area contributed by atoms with Crippen molar-refractivity contribution in [2.24, 2.45) is 5.92 Å². The second kappa shape index (κ2) is 6.33. The van der Waals surface area contributed by atoms with E-state index in [-0.39, 0.29) is 5.56 Å². The summed E-state index contributed by atoms with van der Waals surface area (Å²) in [6, 6.07) is 4.55. The molecular weight excluding hydrogens is 259 g/mol. The molecular formula is C15H21FN2O2. The molecule has 0 spiro atoms. The second-order valence-corrected chi connectivity index (χ2v) is 5.70. The van der Waals surface area contributed by atoms with E-state index in [4.69, 9.17) is 5.11 Å². The number of carboxylic acids is 1. The van der Waals surface area contributed by atoms with Gasteiger partial charge in [0.15, 0.2) is 0 Å². The molecule has 1 fully saturated rings. The highest BCUT2D eigenvalue weighted by molar-refractivity contribution is 5.88. The topological polar surface area (TPSA) is 43.8 Å². The third-order valence-corrected chi connectivity index (χ3v) is 3.81. The molecule has 2 rings (SSSR count). The molecule has 1 aliphatic heterocycles. The van der Waals surface area contributed by atoms with Crippen molar-refractivity contribution in [3.05, 3.63) is 35.1 Å². The number of carboxylic acid groups (broad SMARTS) is 1. The van der Waals surface area contributed by atoms with E-state index in [2.05, 4.69) is 16.8 Å². The molecule has 1 aromatic rings. The number of benzene rings is 1. The molecule has 1 aliphatic rings. The Hall–Kier alpha value is -1.46. The van der Waals surface area contributed by atoms with Crippen molar-refractivity contribution < 1.29 is 14.3 Å². The van der Waals surface area contributed by atoms with Gasteiger partial charge in [0.25, 0.3) is 0 Å². The van der Waals surface area contributed by atoms with Crippen LogP contribution in [0.5, 0.6) is 0 Å². The summed E-state index contributed by atoms with van der Waals surface area (Å²) < 4.78 is 14.0. The molecule has 1 N–H and O–H groups in total. The predicted octanol–water partition coefficient (Wildman–Crippen LogP) is 1.91. The first-order valence-corrected chi connectivity index (χ1v) is 6.85. The van der Waals surface area contributed by atoms with Crippen molar-refractivity contribution >= 4 is 5.97 Å². The fourth-order valence-corrected chi connectivity index (χ4v) is 2.84. The van der Waals surface area contributed by atoms with Gasteiger partial charge in [0.05, 0.1) is 5.56 Å². The summed E-state index contributed by atoms with van der Waals surface area (Å²) in [6.45, 7) is 3.53. The van der Waals surface area contributed by atoms with Gasteiger partial charge < -0.3 is 14.9 Å². The van der Waals surface area contributed by atoms with Crippen LogP contribution in [0, 0.1) is 11.7 Å². The highest BCUT2D eigenvalue weighted by Crippen LogP contribution is 2.18. The first-order chi connectivity index (χ1) is 9.47. The Balaban J connectivity index is 1.99. The van der Waals surface area contributed by atoms with Gasteiger partial charge in [-0.15, -0.1) is 0 Å². The molecule has 0 aromatic heterocycles. The molecule has 1 atom stereocenters. The van der Waals surface area contributed by atoms with Crippen molar-refractivity contribution in [3.8, 4) is 0 Å². The smallest absolute Gasteiger partial charge is 0.338 e. The second-order valence-electron chi connectivity index (χ2n) is 5.70. The number of hydrogen-bond acceptors (Lipinski definition) is 3. The van der Waals surface area contributed by atoms with Gasteiger partial charge in [-0.25, -0.2) is 9.18 Å². The monoisotopic (exact) mass is 280 g/mol. The number of aromatic carboxylic acids is 1. The SMILES string of the molecule is CN1CCC(CN(C)Cc2cccc(C(=O)O)c2F)C1. The van der Waals surface area contributed by atoms with Gasteiger partial charge >= 0.3 is 5.97 Å². The fraction of sp³-hybridized carbons (Fsp3) is 0.533. The number of halogens is 1. The lowest BCUT2D eigenvalue weighted by atomic mass is 10.1. The van der Waals surface area contributed by atoms with Crippen LogP contribution < -0.4 is 0 Å². The van der Waals surface area contributed by atoms with E-state index in [9.17, 15) is 9.18 Å². The Morgan fingerprint density at radius 2 is 2.30 bits per heavy atom. The molecule has 110 valence electrons. The summed E-state index contributed by atoms with van der Waals surface area (Å²) in [6.07, 6.45) is 1.17. The van der Waals surface area contributed by atoms with E-state index in [1.165, 1.54) is 12.5 Å². The summed E-state index contributed by atoms with van der Waals surface area (Å²) in [4.78, 5) is 15.3. The molecule has 1 aromatic carbocycles. The van der Waals surface area contributed by atoms with E-state index in [1.807, 2.05) is 7.05 Å². The van der Waals surface area contributed by atoms with Crippen LogP contribution >= 0.6 is 0 Å². The first kappa shape index (κ1) is 14.9. The Labute approximate surface area is 118 Å². The average Bonchev–Trinajstić information content (AvgIpc) is 2.77. The standard InChI is InChI=1S/C15H21FN2O2/c1-17-7-6-11(8-17)9-18(2)10-12-4-3-5-13(14(12)16)15(19)20/h3-5,11H,6-10H2,1-2H3,(H,19,20). The first-order valence-electron chi connectivity index (χ1n) is 6.85. The third kappa shape index (κ3) is 3.55. The number of carbonyl (C=O) groups is 1. The number of nitrogens with zero attached hydrogens (tertiary/aromatic N) is 2. The largest absolute Gasteiger partial charge is 0.478 e. The van der Waals surface area contributed by atoms with Crippen LogP contribution in [0.25, 0.3) is 0 Å². The fourth-order valence-electron chi connectivity index (χ4n) is 2.84. The molecule has 0 saturated carbocycles. The van der Waals surface area contributed by atoms with Crippen molar-refractivity contribution in [1.29, 1.82) is 0 Å². The molecule has 5 heteroatoms. The lowest BCUT2D eigenvalue weighted by Gasteiger charge is -2.21. The van der Waals surface area contributed by atoms with E-state index in [0.717, 1.165) is 19.6 Å². The van der Waals surface area contributed by atoms with Gasteiger partial charge in [0.1, 0.15) is 5.82 Å².